The van der Waals surface area contributed by atoms with Crippen LogP contribution in [0.2, 0.25) is 0 Å². The summed E-state index contributed by atoms with van der Waals surface area (Å²) in [6, 6.07) is 0.0427. The Labute approximate surface area is 125 Å². The Hall–Kier alpha value is -1.30. The molecule has 6 nitrogen and oxygen atoms in total. The van der Waals surface area contributed by atoms with E-state index in [2.05, 4.69) is 5.32 Å². The second-order valence-corrected chi connectivity index (χ2v) is 6.02. The van der Waals surface area contributed by atoms with Gasteiger partial charge >= 0.3 is 12.0 Å². The van der Waals surface area contributed by atoms with E-state index in [0.717, 1.165) is 51.9 Å². The normalized spacial score (nSPS) is 23.8. The molecule has 0 aliphatic carbocycles. The Morgan fingerprint density at radius 2 is 1.95 bits per heavy atom. The molecule has 2 aliphatic rings. The number of carbonyl (C=O) groups excluding carboxylic acids is 1. The fourth-order valence-corrected chi connectivity index (χ4v) is 3.14. The summed E-state index contributed by atoms with van der Waals surface area (Å²) in [6.07, 6.45) is 5.69. The summed E-state index contributed by atoms with van der Waals surface area (Å²) in [5, 5.41) is 11.8. The number of carboxylic acid groups (broad SMARTS) is 1. The lowest BCUT2D eigenvalue weighted by Gasteiger charge is -2.36. The highest BCUT2D eigenvalue weighted by atomic mass is 16.5. The Balaban J connectivity index is 1.78. The van der Waals surface area contributed by atoms with Crippen LogP contribution < -0.4 is 5.32 Å². The molecule has 0 aromatic rings. The van der Waals surface area contributed by atoms with Crippen molar-refractivity contribution in [2.24, 2.45) is 5.92 Å². The van der Waals surface area contributed by atoms with Crippen LogP contribution in [-0.4, -0.2) is 54.4 Å². The first-order valence-electron chi connectivity index (χ1n) is 8.01. The maximum atomic E-state index is 12.3. The zero-order valence-electron chi connectivity index (χ0n) is 12.6. The van der Waals surface area contributed by atoms with E-state index in [4.69, 9.17) is 9.84 Å². The van der Waals surface area contributed by atoms with Crippen LogP contribution in [0.15, 0.2) is 0 Å². The quantitative estimate of drug-likeness (QED) is 0.812. The molecule has 2 aliphatic heterocycles. The summed E-state index contributed by atoms with van der Waals surface area (Å²) in [5.74, 6) is -0.284. The van der Waals surface area contributed by atoms with Crippen LogP contribution in [0.1, 0.15) is 44.9 Å². The van der Waals surface area contributed by atoms with Crippen LogP contribution in [0.4, 0.5) is 4.79 Å². The largest absolute Gasteiger partial charge is 0.481 e. The fourth-order valence-electron chi connectivity index (χ4n) is 3.14. The zero-order chi connectivity index (χ0) is 15.1. The zero-order valence-corrected chi connectivity index (χ0v) is 12.6. The Morgan fingerprint density at radius 1 is 1.19 bits per heavy atom. The topological polar surface area (TPSA) is 78.9 Å². The summed E-state index contributed by atoms with van der Waals surface area (Å²) in [4.78, 5) is 24.9. The molecule has 0 aromatic heterocycles. The molecule has 1 atom stereocenters. The van der Waals surface area contributed by atoms with E-state index in [1.165, 1.54) is 0 Å². The Morgan fingerprint density at radius 3 is 2.67 bits per heavy atom. The molecule has 2 saturated heterocycles. The van der Waals surface area contributed by atoms with E-state index < -0.39 is 5.97 Å². The van der Waals surface area contributed by atoms with E-state index in [1.807, 2.05) is 4.90 Å². The number of hydrogen-bond donors (Lipinski definition) is 2. The number of carbonyl (C=O) groups is 2. The maximum Gasteiger partial charge on any atom is 0.317 e. The van der Waals surface area contributed by atoms with Crippen molar-refractivity contribution in [1.29, 1.82) is 0 Å². The van der Waals surface area contributed by atoms with Crippen molar-refractivity contribution < 1.29 is 19.4 Å². The second-order valence-electron chi connectivity index (χ2n) is 6.02. The number of hydrogen-bond acceptors (Lipinski definition) is 3. The summed E-state index contributed by atoms with van der Waals surface area (Å²) in [6.45, 7) is 3.01. The van der Waals surface area contributed by atoms with Gasteiger partial charge in [-0.2, -0.15) is 0 Å². The first-order chi connectivity index (χ1) is 10.2. The molecule has 6 heteroatoms. The number of carboxylic acids is 1. The molecule has 0 saturated carbocycles. The minimum Gasteiger partial charge on any atom is -0.481 e. The summed E-state index contributed by atoms with van der Waals surface area (Å²) < 4.78 is 5.32. The molecule has 2 fully saturated rings. The first kappa shape index (κ1) is 16.1. The second kappa shape index (κ2) is 8.22. The SMILES string of the molecule is O=C(O)CCC1CCCCN1C(=O)NCC1CCOCC1. The number of nitrogens with one attached hydrogen (secondary N) is 1. The molecule has 21 heavy (non-hydrogen) atoms. The highest BCUT2D eigenvalue weighted by Crippen LogP contribution is 2.21. The van der Waals surface area contributed by atoms with Crippen molar-refractivity contribution in [3.63, 3.8) is 0 Å². The average Bonchev–Trinajstić information content (AvgIpc) is 2.52. The standard InChI is InChI=1S/C15H26N2O4/c18-14(19)5-4-13-3-1-2-8-17(13)15(20)16-11-12-6-9-21-10-7-12/h12-13H,1-11H2,(H,16,20)(H,18,19). The molecule has 1 unspecified atom stereocenters. The van der Waals surface area contributed by atoms with Crippen molar-refractivity contribution in [2.45, 2.75) is 51.0 Å². The average molecular weight is 298 g/mol. The number of aliphatic carboxylic acids is 1. The number of piperidine rings is 1. The smallest absolute Gasteiger partial charge is 0.317 e. The third-order valence-corrected chi connectivity index (χ3v) is 4.46. The van der Waals surface area contributed by atoms with Crippen LogP contribution in [0.25, 0.3) is 0 Å². The molecule has 0 radical (unpaired) electrons. The first-order valence-corrected chi connectivity index (χ1v) is 8.01. The van der Waals surface area contributed by atoms with Gasteiger partial charge in [-0.3, -0.25) is 4.79 Å². The number of amides is 2. The molecule has 2 amide bonds. The molecule has 0 bridgehead atoms. The van der Waals surface area contributed by atoms with Gasteiger partial charge < -0.3 is 20.1 Å². The molecule has 0 aromatic carbocycles. The monoisotopic (exact) mass is 298 g/mol. The highest BCUT2D eigenvalue weighted by molar-refractivity contribution is 5.74. The van der Waals surface area contributed by atoms with E-state index in [1.54, 1.807) is 0 Å². The van der Waals surface area contributed by atoms with Crippen molar-refractivity contribution in [3.8, 4) is 0 Å². The van der Waals surface area contributed by atoms with Gasteiger partial charge in [0.05, 0.1) is 0 Å². The minimum atomic E-state index is -0.789. The van der Waals surface area contributed by atoms with E-state index >= 15 is 0 Å². The van der Waals surface area contributed by atoms with Crippen molar-refractivity contribution >= 4 is 12.0 Å². The minimum absolute atomic E-state index is 0.0309. The number of likely N-dealkylation sites (tertiary alicyclic amines) is 1. The molecular formula is C15H26N2O4. The van der Waals surface area contributed by atoms with Crippen LogP contribution >= 0.6 is 0 Å². The van der Waals surface area contributed by atoms with Gasteiger partial charge in [-0.15, -0.1) is 0 Å². The van der Waals surface area contributed by atoms with Crippen molar-refractivity contribution in [2.75, 3.05) is 26.3 Å². The molecule has 2 rings (SSSR count). The summed E-state index contributed by atoms with van der Waals surface area (Å²) in [7, 11) is 0. The fraction of sp³-hybridized carbons (Fsp3) is 0.867. The number of nitrogens with zero attached hydrogens (tertiary/aromatic N) is 1. The predicted molar refractivity (Wildman–Crippen MR) is 78.2 cm³/mol. The lowest BCUT2D eigenvalue weighted by molar-refractivity contribution is -0.137. The van der Waals surface area contributed by atoms with Gasteiger partial charge in [-0.25, -0.2) is 4.79 Å². The van der Waals surface area contributed by atoms with Gasteiger partial charge in [0, 0.05) is 38.8 Å². The molecule has 2 heterocycles. The van der Waals surface area contributed by atoms with Crippen molar-refractivity contribution in [1.82, 2.24) is 10.2 Å². The summed E-state index contributed by atoms with van der Waals surface area (Å²) >= 11 is 0. The van der Waals surface area contributed by atoms with Gasteiger partial charge in [0.1, 0.15) is 0 Å². The number of urea groups is 1. The van der Waals surface area contributed by atoms with Gasteiger partial charge in [0.2, 0.25) is 0 Å². The maximum absolute atomic E-state index is 12.3. The summed E-state index contributed by atoms with van der Waals surface area (Å²) in [5.41, 5.74) is 0. The predicted octanol–water partition coefficient (Wildman–Crippen LogP) is 1.84. The van der Waals surface area contributed by atoms with Crippen molar-refractivity contribution in [3.05, 3.63) is 0 Å². The van der Waals surface area contributed by atoms with Gasteiger partial charge in [-0.05, 0) is 44.4 Å². The molecule has 0 spiro atoms. The van der Waals surface area contributed by atoms with Gasteiger partial charge in [0.15, 0.2) is 0 Å². The number of rotatable bonds is 5. The number of ether oxygens (including phenoxy) is 1. The van der Waals surface area contributed by atoms with E-state index in [9.17, 15) is 9.59 Å². The van der Waals surface area contributed by atoms with Crippen LogP contribution in [0.5, 0.6) is 0 Å². The van der Waals surface area contributed by atoms with E-state index in [0.29, 0.717) is 18.9 Å². The van der Waals surface area contributed by atoms with Gasteiger partial charge in [0.25, 0.3) is 0 Å². The Kier molecular flexibility index (Phi) is 6.29. The lowest BCUT2D eigenvalue weighted by atomic mass is 9.98. The van der Waals surface area contributed by atoms with E-state index in [-0.39, 0.29) is 18.5 Å². The third kappa shape index (κ3) is 5.19. The van der Waals surface area contributed by atoms with Crippen LogP contribution in [0, 0.1) is 5.92 Å². The van der Waals surface area contributed by atoms with Crippen LogP contribution in [0.3, 0.4) is 0 Å². The lowest BCUT2D eigenvalue weighted by Crippen LogP contribution is -2.49. The van der Waals surface area contributed by atoms with Gasteiger partial charge in [-0.1, -0.05) is 0 Å². The molecular weight excluding hydrogens is 272 g/mol. The molecule has 2 N–H and O–H groups in total. The Bertz CT molecular complexity index is 356. The highest BCUT2D eigenvalue weighted by Gasteiger charge is 2.27. The van der Waals surface area contributed by atoms with Crippen LogP contribution in [-0.2, 0) is 9.53 Å². The molecule has 120 valence electrons. The third-order valence-electron chi connectivity index (χ3n) is 4.46.